The Morgan fingerprint density at radius 2 is 1.80 bits per heavy atom. The number of nitrogens with zero attached hydrogens (tertiary/aromatic N) is 1. The topological polar surface area (TPSA) is 131 Å². The van der Waals surface area contributed by atoms with E-state index in [0.29, 0.717) is 37.8 Å². The molecule has 10 nitrogen and oxygen atoms in total. The summed E-state index contributed by atoms with van der Waals surface area (Å²) in [5.74, 6) is -5.21. The third-order valence-corrected chi connectivity index (χ3v) is 7.60. The molecular weight excluding hydrogens is 616 g/mol. The van der Waals surface area contributed by atoms with Crippen LogP contribution < -0.4 is 9.59 Å². The van der Waals surface area contributed by atoms with Gasteiger partial charge in [0.2, 0.25) is 5.91 Å². The summed E-state index contributed by atoms with van der Waals surface area (Å²) in [6.07, 6.45) is 2.99. The van der Waals surface area contributed by atoms with Gasteiger partial charge in [0.1, 0.15) is 5.75 Å². The van der Waals surface area contributed by atoms with Gasteiger partial charge < -0.3 is 24.0 Å². The number of nitrogens with one attached hydrogen (secondary N) is 1. The first-order valence-corrected chi connectivity index (χ1v) is 15.6. The highest BCUT2D eigenvalue weighted by atomic mass is 31.1. The van der Waals surface area contributed by atoms with Crippen molar-refractivity contribution in [2.75, 3.05) is 6.54 Å². The van der Waals surface area contributed by atoms with Crippen LogP contribution in [0.5, 0.6) is 5.75 Å². The Kier molecular flexibility index (Phi) is 14.1. The largest absolute Gasteiger partial charge is 0.517 e. The maximum absolute atomic E-state index is 15.7. The number of benzene rings is 2. The number of hydrogen-bond acceptors (Lipinski definition) is 8. The molecule has 14 heteroatoms. The van der Waals surface area contributed by atoms with Crippen LogP contribution >= 0.6 is 18.3 Å². The van der Waals surface area contributed by atoms with Crippen molar-refractivity contribution in [1.29, 1.82) is 0 Å². The molecule has 1 fully saturated rings. The SMILES string of the molecule is O=C(O)CCCCCCN1C(=O)CC[C@@H]1/C=C/[C@@H](OC(=O)Cc1ccc(OC(=O)OPNP)cc1)C(F)(F)c1ccccc1. The standard InChI is InChI=1S/C30H36F2N2O8P2/c31-30(32,22-8-4-3-5-9-22)25(17-13-23-14-18-26(35)34(23)19-7-2-1-6-10-27(36)37)41-28(38)20-21-11-15-24(16-12-21)40-29(39)42-44-33-43/h3-5,8-9,11-13,15-17,23,25,33,44H,1-2,6-7,10,14,18-20,43H2,(H,36,37)/b17-13+/t23-,25+/m0/s1. The van der Waals surface area contributed by atoms with Crippen LogP contribution in [0.4, 0.5) is 13.6 Å². The zero-order valence-corrected chi connectivity index (χ0v) is 26.1. The van der Waals surface area contributed by atoms with E-state index in [-0.39, 0.29) is 45.4 Å². The first-order chi connectivity index (χ1) is 21.1. The third-order valence-electron chi connectivity index (χ3n) is 6.86. The molecule has 0 saturated carbocycles. The molecule has 1 amide bonds. The molecule has 1 aliphatic rings. The van der Waals surface area contributed by atoms with Crippen molar-refractivity contribution in [2.45, 2.75) is 69.4 Å². The van der Waals surface area contributed by atoms with E-state index < -0.39 is 36.2 Å². The van der Waals surface area contributed by atoms with E-state index in [1.165, 1.54) is 54.6 Å². The third kappa shape index (κ3) is 11.2. The predicted molar refractivity (Wildman–Crippen MR) is 163 cm³/mol. The van der Waals surface area contributed by atoms with Gasteiger partial charge >= 0.3 is 24.0 Å². The highest BCUT2D eigenvalue weighted by Crippen LogP contribution is 2.35. The first kappa shape index (κ1) is 35.0. The normalized spacial score (nSPS) is 16.0. The van der Waals surface area contributed by atoms with Crippen LogP contribution in [0.15, 0.2) is 66.7 Å². The minimum absolute atomic E-state index is 0.0873. The highest BCUT2D eigenvalue weighted by molar-refractivity contribution is 7.41. The number of carboxylic acids is 1. The number of esters is 1. The van der Waals surface area contributed by atoms with Crippen LogP contribution in [0.3, 0.4) is 0 Å². The molecule has 2 N–H and O–H groups in total. The summed E-state index contributed by atoms with van der Waals surface area (Å²) in [5.41, 5.74) is 0.125. The molecule has 0 aliphatic carbocycles. The molecule has 2 aromatic carbocycles. The number of carbonyl (C=O) groups is 4. The zero-order chi connectivity index (χ0) is 32.0. The number of carboxylic acid groups (broad SMARTS) is 1. The van der Waals surface area contributed by atoms with Gasteiger partial charge in [-0.15, -0.1) is 0 Å². The van der Waals surface area contributed by atoms with E-state index in [0.717, 1.165) is 12.5 Å². The van der Waals surface area contributed by atoms with Gasteiger partial charge in [0.15, 0.2) is 15.1 Å². The van der Waals surface area contributed by atoms with Crippen LogP contribution in [0, 0.1) is 0 Å². The number of likely N-dealkylation sites (tertiary alicyclic amines) is 1. The molecule has 1 heterocycles. The molecular formula is C30H36F2N2O8P2. The maximum Gasteiger partial charge on any atom is 0.517 e. The minimum Gasteiger partial charge on any atom is -0.481 e. The summed E-state index contributed by atoms with van der Waals surface area (Å²) in [5, 5.41) is 8.77. The fourth-order valence-electron chi connectivity index (χ4n) is 4.66. The molecule has 1 saturated heterocycles. The van der Waals surface area contributed by atoms with Crippen molar-refractivity contribution in [2.24, 2.45) is 0 Å². The molecule has 4 atom stereocenters. The predicted octanol–water partition coefficient (Wildman–Crippen LogP) is 5.92. The quantitative estimate of drug-likeness (QED) is 0.0703. The summed E-state index contributed by atoms with van der Waals surface area (Å²) in [4.78, 5) is 51.8. The van der Waals surface area contributed by atoms with Crippen LogP contribution in [-0.4, -0.2) is 52.7 Å². The second kappa shape index (κ2) is 17.7. The van der Waals surface area contributed by atoms with Crippen LogP contribution in [0.2, 0.25) is 0 Å². The summed E-state index contributed by atoms with van der Waals surface area (Å²) in [7, 11) is 1.87. The van der Waals surface area contributed by atoms with Gasteiger partial charge in [0.25, 0.3) is 0 Å². The van der Waals surface area contributed by atoms with E-state index in [4.69, 9.17) is 19.1 Å². The lowest BCUT2D eigenvalue weighted by Crippen LogP contribution is -2.36. The van der Waals surface area contributed by atoms with Crippen molar-refractivity contribution in [1.82, 2.24) is 9.76 Å². The molecule has 2 unspecified atom stereocenters. The molecule has 0 radical (unpaired) electrons. The number of ether oxygens (including phenoxy) is 2. The van der Waals surface area contributed by atoms with Crippen molar-refractivity contribution in [3.8, 4) is 5.75 Å². The lowest BCUT2D eigenvalue weighted by Gasteiger charge is -2.27. The summed E-state index contributed by atoms with van der Waals surface area (Å²) >= 11 is 0. The molecule has 2 aromatic rings. The van der Waals surface area contributed by atoms with Gasteiger partial charge in [0.05, 0.1) is 12.5 Å². The molecule has 44 heavy (non-hydrogen) atoms. The van der Waals surface area contributed by atoms with E-state index in [1.54, 1.807) is 11.0 Å². The number of aliphatic carboxylic acids is 1. The number of hydrogen-bond donors (Lipinski definition) is 2. The van der Waals surface area contributed by atoms with Crippen molar-refractivity contribution in [3.63, 3.8) is 0 Å². The minimum atomic E-state index is -3.56. The molecule has 0 aromatic heterocycles. The number of carbonyl (C=O) groups excluding carboxylic acids is 3. The summed E-state index contributed by atoms with van der Waals surface area (Å²) in [6, 6.07) is 12.5. The fourth-order valence-corrected chi connectivity index (χ4v) is 5.02. The molecule has 0 spiro atoms. The monoisotopic (exact) mass is 652 g/mol. The Balaban J connectivity index is 1.67. The highest BCUT2D eigenvalue weighted by Gasteiger charge is 2.43. The van der Waals surface area contributed by atoms with Crippen LogP contribution in [0.25, 0.3) is 0 Å². The second-order valence-electron chi connectivity index (χ2n) is 10.1. The van der Waals surface area contributed by atoms with Gasteiger partial charge in [-0.25, -0.2) is 9.65 Å². The Morgan fingerprint density at radius 3 is 2.48 bits per heavy atom. The second-order valence-corrected chi connectivity index (χ2v) is 11.6. The number of rotatable bonds is 17. The smallest absolute Gasteiger partial charge is 0.481 e. The van der Waals surface area contributed by atoms with E-state index in [2.05, 4.69) is 14.2 Å². The summed E-state index contributed by atoms with van der Waals surface area (Å²) in [6.45, 7) is 0.423. The van der Waals surface area contributed by atoms with Crippen molar-refractivity contribution in [3.05, 3.63) is 77.9 Å². The van der Waals surface area contributed by atoms with Crippen LogP contribution in [-0.2, 0) is 36.0 Å². The number of unbranched alkanes of at least 4 members (excludes halogenated alkanes) is 3. The number of amides is 1. The Bertz CT molecular complexity index is 1280. The molecule has 1 aliphatic heterocycles. The van der Waals surface area contributed by atoms with Gasteiger partial charge in [-0.2, -0.15) is 8.78 Å². The zero-order valence-electron chi connectivity index (χ0n) is 24.0. The number of halogens is 2. The lowest BCUT2D eigenvalue weighted by atomic mass is 10.0. The first-order valence-electron chi connectivity index (χ1n) is 14.1. The molecule has 3 rings (SSSR count). The van der Waals surface area contributed by atoms with Crippen molar-refractivity contribution < 1.29 is 47.1 Å². The van der Waals surface area contributed by atoms with Crippen LogP contribution in [0.1, 0.15) is 56.1 Å². The van der Waals surface area contributed by atoms with Gasteiger partial charge in [-0.05, 0) is 43.0 Å². The Hall–Kier alpha value is -3.46. The van der Waals surface area contributed by atoms with Gasteiger partial charge in [-0.3, -0.25) is 14.4 Å². The van der Waals surface area contributed by atoms with Crippen molar-refractivity contribution >= 4 is 42.4 Å². The summed E-state index contributed by atoms with van der Waals surface area (Å²) < 4.78 is 46.5. The van der Waals surface area contributed by atoms with E-state index >= 15 is 8.78 Å². The molecule has 0 bridgehead atoms. The van der Waals surface area contributed by atoms with Gasteiger partial charge in [0, 0.05) is 24.9 Å². The average Bonchev–Trinajstić information content (AvgIpc) is 3.35. The maximum atomic E-state index is 15.7. The lowest BCUT2D eigenvalue weighted by molar-refractivity contribution is -0.167. The van der Waals surface area contributed by atoms with E-state index in [1.807, 2.05) is 0 Å². The van der Waals surface area contributed by atoms with Gasteiger partial charge in [-0.1, -0.05) is 70.8 Å². The molecule has 238 valence electrons. The Labute approximate surface area is 258 Å². The number of alkyl halides is 2. The average molecular weight is 653 g/mol. The fraction of sp³-hybridized carbons (Fsp3) is 0.400. The Morgan fingerprint density at radius 1 is 1.09 bits per heavy atom. The van der Waals surface area contributed by atoms with E-state index in [9.17, 15) is 19.2 Å².